The predicted octanol–water partition coefficient (Wildman–Crippen LogP) is 0.614. The van der Waals surface area contributed by atoms with E-state index in [1.807, 2.05) is 20.8 Å². The van der Waals surface area contributed by atoms with Crippen LogP contribution in [0.25, 0.3) is 0 Å². The number of hydrogen-bond donors (Lipinski definition) is 2. The van der Waals surface area contributed by atoms with Crippen LogP contribution in [0, 0.1) is 5.41 Å². The average Bonchev–Trinajstić information content (AvgIpc) is 2.72. The molecule has 0 aliphatic carbocycles. The Morgan fingerprint density at radius 2 is 1.95 bits per heavy atom. The van der Waals surface area contributed by atoms with Crippen molar-refractivity contribution in [1.82, 2.24) is 10.2 Å². The van der Waals surface area contributed by atoms with E-state index >= 15 is 0 Å². The van der Waals surface area contributed by atoms with Crippen LogP contribution in [0.5, 0.6) is 0 Å². The Hall–Kier alpha value is -1.59. The molecule has 1 saturated heterocycles. The molecule has 1 aliphatic heterocycles. The van der Waals surface area contributed by atoms with E-state index in [2.05, 4.69) is 5.32 Å². The largest absolute Gasteiger partial charge is 0.480 e. The van der Waals surface area contributed by atoms with Gasteiger partial charge >= 0.3 is 5.97 Å². The van der Waals surface area contributed by atoms with Crippen LogP contribution in [0.1, 0.15) is 40.0 Å². The molecule has 1 rings (SSSR count). The Kier molecular flexibility index (Phi) is 4.91. The van der Waals surface area contributed by atoms with Gasteiger partial charge in [0, 0.05) is 13.0 Å². The minimum Gasteiger partial charge on any atom is -0.480 e. The summed E-state index contributed by atoms with van der Waals surface area (Å²) in [4.78, 5) is 36.0. The smallest absolute Gasteiger partial charge is 0.322 e. The van der Waals surface area contributed by atoms with E-state index in [-0.39, 0.29) is 17.2 Å². The number of rotatable bonds is 4. The quantitative estimate of drug-likeness (QED) is 0.783. The first-order valence-electron chi connectivity index (χ1n) is 6.50. The number of aliphatic carboxylic acids is 1. The third kappa shape index (κ3) is 4.89. The van der Waals surface area contributed by atoms with Crippen LogP contribution in [0.2, 0.25) is 0 Å². The first-order chi connectivity index (χ1) is 8.70. The number of nitrogens with one attached hydrogen (secondary N) is 1. The average molecular weight is 270 g/mol. The summed E-state index contributed by atoms with van der Waals surface area (Å²) >= 11 is 0. The van der Waals surface area contributed by atoms with Crippen molar-refractivity contribution in [3.63, 3.8) is 0 Å². The Morgan fingerprint density at radius 1 is 1.32 bits per heavy atom. The molecule has 0 saturated carbocycles. The predicted molar refractivity (Wildman–Crippen MR) is 69.5 cm³/mol. The summed E-state index contributed by atoms with van der Waals surface area (Å²) in [5.74, 6) is -1.50. The summed E-state index contributed by atoms with van der Waals surface area (Å²) < 4.78 is 0. The molecule has 1 atom stereocenters. The maximum atomic E-state index is 12.1. The van der Waals surface area contributed by atoms with E-state index in [9.17, 15) is 14.4 Å². The molecule has 6 nitrogen and oxygen atoms in total. The third-order valence-electron chi connectivity index (χ3n) is 2.97. The highest BCUT2D eigenvalue weighted by Gasteiger charge is 2.35. The lowest BCUT2D eigenvalue weighted by Crippen LogP contribution is -2.47. The van der Waals surface area contributed by atoms with Gasteiger partial charge in [-0.15, -0.1) is 0 Å². The van der Waals surface area contributed by atoms with Crippen molar-refractivity contribution in [1.29, 1.82) is 0 Å². The minimum atomic E-state index is -1.08. The van der Waals surface area contributed by atoms with Crippen molar-refractivity contribution in [2.45, 2.75) is 46.1 Å². The van der Waals surface area contributed by atoms with Crippen LogP contribution in [0.15, 0.2) is 0 Å². The SMILES string of the molecule is CC(C)(C)CC(=O)N1CCCC1C(=O)NCC(=O)O. The van der Waals surface area contributed by atoms with Crippen molar-refractivity contribution in [2.75, 3.05) is 13.1 Å². The molecule has 0 radical (unpaired) electrons. The zero-order valence-electron chi connectivity index (χ0n) is 11.7. The van der Waals surface area contributed by atoms with Gasteiger partial charge in [0.2, 0.25) is 11.8 Å². The van der Waals surface area contributed by atoms with Gasteiger partial charge in [-0.3, -0.25) is 14.4 Å². The molecule has 0 aromatic carbocycles. The van der Waals surface area contributed by atoms with Crippen molar-refractivity contribution in [3.8, 4) is 0 Å². The van der Waals surface area contributed by atoms with Gasteiger partial charge < -0.3 is 15.3 Å². The molecule has 1 unspecified atom stereocenters. The van der Waals surface area contributed by atoms with E-state index in [4.69, 9.17) is 5.11 Å². The zero-order chi connectivity index (χ0) is 14.6. The monoisotopic (exact) mass is 270 g/mol. The fraction of sp³-hybridized carbons (Fsp3) is 0.769. The van der Waals surface area contributed by atoms with E-state index < -0.39 is 18.6 Å². The molecule has 1 aliphatic rings. The summed E-state index contributed by atoms with van der Waals surface area (Å²) in [6, 6.07) is -0.519. The summed E-state index contributed by atoms with van der Waals surface area (Å²) in [5.41, 5.74) is -0.123. The van der Waals surface area contributed by atoms with Crippen LogP contribution in [-0.4, -0.2) is 46.9 Å². The van der Waals surface area contributed by atoms with Gasteiger partial charge in [0.05, 0.1) is 0 Å². The molecule has 2 amide bonds. The number of amides is 2. The second-order valence-electron chi connectivity index (χ2n) is 6.09. The molecule has 0 bridgehead atoms. The molecule has 108 valence electrons. The van der Waals surface area contributed by atoms with E-state index in [1.165, 1.54) is 0 Å². The summed E-state index contributed by atoms with van der Waals surface area (Å²) in [6.07, 6.45) is 1.76. The standard InChI is InChI=1S/C13H22N2O4/c1-13(2,3)7-10(16)15-6-4-5-9(15)12(19)14-8-11(17)18/h9H,4-8H2,1-3H3,(H,14,19)(H,17,18). The Bertz CT molecular complexity index is 373. The van der Waals surface area contributed by atoms with Crippen LogP contribution >= 0.6 is 0 Å². The van der Waals surface area contributed by atoms with Crippen LogP contribution in [0.4, 0.5) is 0 Å². The fourth-order valence-electron chi connectivity index (χ4n) is 2.17. The molecule has 0 aromatic heterocycles. The second-order valence-corrected chi connectivity index (χ2v) is 6.09. The van der Waals surface area contributed by atoms with Gasteiger partial charge in [-0.25, -0.2) is 0 Å². The summed E-state index contributed by atoms with van der Waals surface area (Å²) in [6.45, 7) is 6.08. The van der Waals surface area contributed by atoms with Crippen molar-refractivity contribution < 1.29 is 19.5 Å². The van der Waals surface area contributed by atoms with Gasteiger partial charge in [-0.2, -0.15) is 0 Å². The number of carbonyl (C=O) groups excluding carboxylic acids is 2. The molecule has 1 fully saturated rings. The molecule has 6 heteroatoms. The lowest BCUT2D eigenvalue weighted by Gasteiger charge is -2.27. The number of carboxylic acids is 1. The normalized spacial score (nSPS) is 19.3. The molecule has 1 heterocycles. The van der Waals surface area contributed by atoms with Gasteiger partial charge in [-0.1, -0.05) is 20.8 Å². The number of nitrogens with zero attached hydrogens (tertiary/aromatic N) is 1. The minimum absolute atomic E-state index is 0.0412. The molecular weight excluding hydrogens is 248 g/mol. The van der Waals surface area contributed by atoms with Crippen LogP contribution in [-0.2, 0) is 14.4 Å². The first kappa shape index (κ1) is 15.5. The Balaban J connectivity index is 2.60. The Labute approximate surface area is 113 Å². The number of carbonyl (C=O) groups is 3. The molecule has 0 spiro atoms. The summed E-state index contributed by atoms with van der Waals surface area (Å²) in [7, 11) is 0. The maximum absolute atomic E-state index is 12.1. The number of hydrogen-bond acceptors (Lipinski definition) is 3. The maximum Gasteiger partial charge on any atom is 0.322 e. The zero-order valence-corrected chi connectivity index (χ0v) is 11.7. The number of likely N-dealkylation sites (tertiary alicyclic amines) is 1. The van der Waals surface area contributed by atoms with Gasteiger partial charge in [0.15, 0.2) is 0 Å². The molecule has 0 aromatic rings. The van der Waals surface area contributed by atoms with E-state index in [0.29, 0.717) is 19.4 Å². The van der Waals surface area contributed by atoms with E-state index in [0.717, 1.165) is 6.42 Å². The molecular formula is C13H22N2O4. The fourth-order valence-corrected chi connectivity index (χ4v) is 2.17. The topological polar surface area (TPSA) is 86.7 Å². The molecule has 19 heavy (non-hydrogen) atoms. The molecule has 2 N–H and O–H groups in total. The highest BCUT2D eigenvalue weighted by molar-refractivity contribution is 5.90. The van der Waals surface area contributed by atoms with Crippen molar-refractivity contribution >= 4 is 17.8 Å². The second kappa shape index (κ2) is 6.04. The van der Waals surface area contributed by atoms with Crippen LogP contribution in [0.3, 0.4) is 0 Å². The Morgan fingerprint density at radius 3 is 2.47 bits per heavy atom. The van der Waals surface area contributed by atoms with Crippen molar-refractivity contribution in [2.24, 2.45) is 5.41 Å². The van der Waals surface area contributed by atoms with Gasteiger partial charge in [0.1, 0.15) is 12.6 Å². The number of carboxylic acid groups (broad SMARTS) is 1. The van der Waals surface area contributed by atoms with Crippen LogP contribution < -0.4 is 5.32 Å². The van der Waals surface area contributed by atoms with Gasteiger partial charge in [0.25, 0.3) is 0 Å². The highest BCUT2D eigenvalue weighted by atomic mass is 16.4. The third-order valence-corrected chi connectivity index (χ3v) is 2.97. The first-order valence-corrected chi connectivity index (χ1v) is 6.50. The summed E-state index contributed by atoms with van der Waals surface area (Å²) in [5, 5.41) is 10.9. The van der Waals surface area contributed by atoms with E-state index in [1.54, 1.807) is 4.90 Å². The lowest BCUT2D eigenvalue weighted by atomic mass is 9.91. The van der Waals surface area contributed by atoms with Gasteiger partial charge in [-0.05, 0) is 18.3 Å². The van der Waals surface area contributed by atoms with Crippen molar-refractivity contribution in [3.05, 3.63) is 0 Å². The highest BCUT2D eigenvalue weighted by Crippen LogP contribution is 2.24. The lowest BCUT2D eigenvalue weighted by molar-refractivity contribution is -0.141.